The molecule has 1 rings (SSSR count). The molecule has 1 aromatic rings. The van der Waals surface area contributed by atoms with Crippen molar-refractivity contribution in [3.8, 4) is 6.07 Å². The van der Waals surface area contributed by atoms with Crippen LogP contribution < -0.4 is 0 Å². The van der Waals surface area contributed by atoms with Crippen LogP contribution in [0.4, 0.5) is 0 Å². The number of nitriles is 1. The summed E-state index contributed by atoms with van der Waals surface area (Å²) in [5, 5.41) is 8.84. The summed E-state index contributed by atoms with van der Waals surface area (Å²) < 4.78 is 0. The second-order valence-electron chi connectivity index (χ2n) is 5.04. The number of hydrogen-bond donors (Lipinski definition) is 0. The van der Waals surface area contributed by atoms with Gasteiger partial charge in [0.2, 0.25) is 5.91 Å². The van der Waals surface area contributed by atoms with E-state index in [1.165, 1.54) is 0 Å². The fraction of sp³-hybridized carbons (Fsp3) is 0.467. The molecule has 0 aliphatic heterocycles. The van der Waals surface area contributed by atoms with Gasteiger partial charge in [-0.3, -0.25) is 4.79 Å². The summed E-state index contributed by atoms with van der Waals surface area (Å²) in [5.41, 5.74) is 1.62. The Morgan fingerprint density at radius 2 is 2.06 bits per heavy atom. The quantitative estimate of drug-likeness (QED) is 0.817. The highest BCUT2D eigenvalue weighted by Crippen LogP contribution is 2.14. The van der Waals surface area contributed by atoms with E-state index >= 15 is 0 Å². The number of hydrogen-bond acceptors (Lipinski definition) is 2. The van der Waals surface area contributed by atoms with Gasteiger partial charge in [0, 0.05) is 19.5 Å². The molecule has 1 aromatic carbocycles. The third kappa shape index (κ3) is 3.59. The van der Waals surface area contributed by atoms with Crippen LogP contribution in [0.5, 0.6) is 0 Å². The van der Waals surface area contributed by atoms with Gasteiger partial charge in [-0.25, -0.2) is 0 Å². The maximum absolute atomic E-state index is 12.1. The minimum absolute atomic E-state index is 0.0224. The number of carbonyl (C=O) groups is 1. The van der Waals surface area contributed by atoms with E-state index in [2.05, 4.69) is 6.07 Å². The van der Waals surface area contributed by atoms with Gasteiger partial charge in [0.1, 0.15) is 0 Å². The van der Waals surface area contributed by atoms with Crippen molar-refractivity contribution in [3.05, 3.63) is 35.4 Å². The SMILES string of the molecule is CC(C)C(C)C(=O)N(C)Cc1cccc(C#N)c1. The molecular formula is C15H20N2O. The highest BCUT2D eigenvalue weighted by Gasteiger charge is 2.20. The lowest BCUT2D eigenvalue weighted by Crippen LogP contribution is -2.33. The van der Waals surface area contributed by atoms with Crippen molar-refractivity contribution in [3.63, 3.8) is 0 Å². The Balaban J connectivity index is 2.72. The lowest BCUT2D eigenvalue weighted by Gasteiger charge is -2.23. The molecular weight excluding hydrogens is 224 g/mol. The smallest absolute Gasteiger partial charge is 0.225 e. The number of amides is 1. The van der Waals surface area contributed by atoms with Crippen molar-refractivity contribution in [1.82, 2.24) is 4.90 Å². The van der Waals surface area contributed by atoms with Crippen molar-refractivity contribution in [2.75, 3.05) is 7.05 Å². The van der Waals surface area contributed by atoms with Crippen LogP contribution in [0.3, 0.4) is 0 Å². The minimum atomic E-state index is 0.0224. The van der Waals surface area contributed by atoms with E-state index in [9.17, 15) is 4.79 Å². The molecule has 0 saturated carbocycles. The van der Waals surface area contributed by atoms with Crippen molar-refractivity contribution < 1.29 is 4.79 Å². The summed E-state index contributed by atoms with van der Waals surface area (Å²) in [6.07, 6.45) is 0. The van der Waals surface area contributed by atoms with Crippen molar-refractivity contribution in [2.45, 2.75) is 27.3 Å². The summed E-state index contributed by atoms with van der Waals surface area (Å²) in [6.45, 7) is 6.60. The van der Waals surface area contributed by atoms with Crippen molar-refractivity contribution in [1.29, 1.82) is 5.26 Å². The van der Waals surface area contributed by atoms with Crippen molar-refractivity contribution >= 4 is 5.91 Å². The van der Waals surface area contributed by atoms with E-state index in [0.717, 1.165) is 5.56 Å². The van der Waals surface area contributed by atoms with Gasteiger partial charge in [0.15, 0.2) is 0 Å². The Hall–Kier alpha value is -1.82. The number of nitrogens with zero attached hydrogens (tertiary/aromatic N) is 2. The van der Waals surface area contributed by atoms with E-state index < -0.39 is 0 Å². The normalized spacial score (nSPS) is 12.0. The highest BCUT2D eigenvalue weighted by atomic mass is 16.2. The van der Waals surface area contributed by atoms with Crippen molar-refractivity contribution in [2.24, 2.45) is 11.8 Å². The summed E-state index contributed by atoms with van der Waals surface area (Å²) >= 11 is 0. The third-order valence-electron chi connectivity index (χ3n) is 3.24. The molecule has 1 atom stereocenters. The third-order valence-corrected chi connectivity index (χ3v) is 3.24. The van der Waals surface area contributed by atoms with Gasteiger partial charge < -0.3 is 4.90 Å². The maximum atomic E-state index is 12.1. The monoisotopic (exact) mass is 244 g/mol. The molecule has 0 spiro atoms. The second-order valence-corrected chi connectivity index (χ2v) is 5.04. The van der Waals surface area contributed by atoms with Gasteiger partial charge in [-0.2, -0.15) is 5.26 Å². The summed E-state index contributed by atoms with van der Waals surface area (Å²) in [7, 11) is 1.81. The predicted molar refractivity (Wildman–Crippen MR) is 71.6 cm³/mol. The molecule has 0 aliphatic rings. The molecule has 18 heavy (non-hydrogen) atoms. The van der Waals surface area contributed by atoms with Crippen LogP contribution in [-0.4, -0.2) is 17.9 Å². The van der Waals surface area contributed by atoms with Crippen LogP contribution in [0.15, 0.2) is 24.3 Å². The first-order valence-electron chi connectivity index (χ1n) is 6.19. The second kappa shape index (κ2) is 6.20. The Labute approximate surface area is 109 Å². The van der Waals surface area contributed by atoms with E-state index in [0.29, 0.717) is 18.0 Å². The molecule has 0 heterocycles. The summed E-state index contributed by atoms with van der Waals surface area (Å²) in [5.74, 6) is 0.506. The van der Waals surface area contributed by atoms with Gasteiger partial charge in [0.05, 0.1) is 11.6 Å². The summed E-state index contributed by atoms with van der Waals surface area (Å²) in [4.78, 5) is 13.8. The molecule has 1 unspecified atom stereocenters. The molecule has 0 radical (unpaired) electrons. The summed E-state index contributed by atoms with van der Waals surface area (Å²) in [6, 6.07) is 9.48. The number of carbonyl (C=O) groups excluding carboxylic acids is 1. The standard InChI is InChI=1S/C15H20N2O/c1-11(2)12(3)15(18)17(4)10-14-7-5-6-13(8-14)9-16/h5-8,11-12H,10H2,1-4H3. The molecule has 0 saturated heterocycles. The van der Waals surface area contributed by atoms with Crippen LogP contribution in [0.2, 0.25) is 0 Å². The fourth-order valence-electron chi connectivity index (χ4n) is 1.72. The van der Waals surface area contributed by atoms with Crippen LogP contribution in [-0.2, 0) is 11.3 Å². The van der Waals surface area contributed by atoms with Crippen LogP contribution in [0.1, 0.15) is 31.9 Å². The number of rotatable bonds is 4. The van der Waals surface area contributed by atoms with E-state index in [-0.39, 0.29) is 11.8 Å². The topological polar surface area (TPSA) is 44.1 Å². The predicted octanol–water partition coefficient (Wildman–Crippen LogP) is 2.81. The van der Waals surface area contributed by atoms with Gasteiger partial charge in [-0.05, 0) is 23.6 Å². The van der Waals surface area contributed by atoms with E-state index in [1.54, 1.807) is 18.0 Å². The average Bonchev–Trinajstić information content (AvgIpc) is 2.36. The molecule has 0 N–H and O–H groups in total. The average molecular weight is 244 g/mol. The van der Waals surface area contributed by atoms with Crippen LogP contribution >= 0.6 is 0 Å². The molecule has 0 aromatic heterocycles. The van der Waals surface area contributed by atoms with Crippen LogP contribution in [0, 0.1) is 23.2 Å². The maximum Gasteiger partial charge on any atom is 0.225 e. The zero-order valence-electron chi connectivity index (χ0n) is 11.5. The molecule has 3 nitrogen and oxygen atoms in total. The van der Waals surface area contributed by atoms with Gasteiger partial charge in [0.25, 0.3) is 0 Å². The Kier molecular flexibility index (Phi) is 4.91. The highest BCUT2D eigenvalue weighted by molar-refractivity contribution is 5.78. The van der Waals surface area contributed by atoms with Crippen LogP contribution in [0.25, 0.3) is 0 Å². The molecule has 1 amide bonds. The lowest BCUT2D eigenvalue weighted by molar-refractivity contribution is -0.135. The molecule has 0 bridgehead atoms. The van der Waals surface area contributed by atoms with E-state index in [1.807, 2.05) is 39.0 Å². The Morgan fingerprint density at radius 1 is 1.39 bits per heavy atom. The molecule has 0 aliphatic carbocycles. The Morgan fingerprint density at radius 3 is 2.61 bits per heavy atom. The molecule has 0 fully saturated rings. The Bertz CT molecular complexity index is 460. The zero-order valence-corrected chi connectivity index (χ0v) is 11.5. The first-order valence-corrected chi connectivity index (χ1v) is 6.19. The first kappa shape index (κ1) is 14.2. The van der Waals surface area contributed by atoms with Gasteiger partial charge >= 0.3 is 0 Å². The van der Waals surface area contributed by atoms with E-state index in [4.69, 9.17) is 5.26 Å². The molecule has 96 valence electrons. The largest absolute Gasteiger partial charge is 0.341 e. The first-order chi connectivity index (χ1) is 8.45. The minimum Gasteiger partial charge on any atom is -0.341 e. The molecule has 3 heteroatoms. The number of benzene rings is 1. The zero-order chi connectivity index (χ0) is 13.7. The fourth-order valence-corrected chi connectivity index (χ4v) is 1.72. The van der Waals surface area contributed by atoms with Gasteiger partial charge in [-0.15, -0.1) is 0 Å². The lowest BCUT2D eigenvalue weighted by atomic mass is 9.96. The van der Waals surface area contributed by atoms with Gasteiger partial charge in [-0.1, -0.05) is 32.9 Å².